The predicted molar refractivity (Wildman–Crippen MR) is 86.3 cm³/mol. The number of benzene rings is 2. The van der Waals surface area contributed by atoms with Gasteiger partial charge in [0.15, 0.2) is 0 Å². The summed E-state index contributed by atoms with van der Waals surface area (Å²) in [5.74, 6) is 0.501. The molecule has 2 aromatic carbocycles. The van der Waals surface area contributed by atoms with Gasteiger partial charge in [-0.25, -0.2) is 0 Å². The summed E-state index contributed by atoms with van der Waals surface area (Å²) in [6.45, 7) is 0. The first-order valence-electron chi connectivity index (χ1n) is 6.53. The minimum absolute atomic E-state index is 0.250. The monoisotopic (exact) mass is 295 g/mol. The van der Waals surface area contributed by atoms with Crippen LogP contribution in [0, 0.1) is 0 Å². The number of hydrogen-bond acceptors (Lipinski definition) is 3. The van der Waals surface area contributed by atoms with Crippen LogP contribution in [0.2, 0.25) is 0 Å². The molecule has 21 heavy (non-hydrogen) atoms. The van der Waals surface area contributed by atoms with Gasteiger partial charge in [-0.15, -0.1) is 0 Å². The van der Waals surface area contributed by atoms with Crippen LogP contribution in [0.25, 0.3) is 0 Å². The third-order valence-corrected chi connectivity index (χ3v) is 5.45. The van der Waals surface area contributed by atoms with Crippen molar-refractivity contribution in [3.05, 3.63) is 72.9 Å². The Morgan fingerprint density at radius 2 is 1.19 bits per heavy atom. The molecule has 3 aromatic rings. The van der Waals surface area contributed by atoms with Crippen LogP contribution in [0.3, 0.4) is 0 Å². The highest BCUT2D eigenvalue weighted by Crippen LogP contribution is 2.32. The van der Waals surface area contributed by atoms with Gasteiger partial charge in [-0.3, -0.25) is 4.98 Å². The van der Waals surface area contributed by atoms with Crippen LogP contribution in [-0.2, 0) is 0 Å². The van der Waals surface area contributed by atoms with Gasteiger partial charge in [0, 0.05) is 14.1 Å². The lowest BCUT2D eigenvalue weighted by atomic mass is 10.3. The second kappa shape index (κ2) is 5.94. The lowest BCUT2D eigenvalue weighted by Crippen LogP contribution is -2.22. The van der Waals surface area contributed by atoms with Crippen molar-refractivity contribution in [1.29, 1.82) is 0 Å². The van der Waals surface area contributed by atoms with Crippen LogP contribution in [0.5, 0.6) is 11.5 Å². The first-order chi connectivity index (χ1) is 10.2. The molecule has 0 bridgehead atoms. The van der Waals surface area contributed by atoms with Gasteiger partial charge in [0.25, 0.3) is 0 Å². The van der Waals surface area contributed by atoms with Gasteiger partial charge in [0.1, 0.15) is 11.5 Å². The SMILES string of the molecule is Oc1ccc(P(c2ccc(O)cc2)c2ccccn2)cc1. The van der Waals surface area contributed by atoms with E-state index in [4.69, 9.17) is 0 Å². The van der Waals surface area contributed by atoms with E-state index in [9.17, 15) is 10.2 Å². The summed E-state index contributed by atoms with van der Waals surface area (Å²) >= 11 is 0. The number of pyridine rings is 1. The molecule has 104 valence electrons. The Bertz CT molecular complexity index is 667. The van der Waals surface area contributed by atoms with Crippen LogP contribution < -0.4 is 16.0 Å². The van der Waals surface area contributed by atoms with Crippen molar-refractivity contribution in [3.8, 4) is 11.5 Å². The first-order valence-corrected chi connectivity index (χ1v) is 7.87. The van der Waals surface area contributed by atoms with Gasteiger partial charge in [0.2, 0.25) is 0 Å². The Kier molecular flexibility index (Phi) is 3.85. The fourth-order valence-electron chi connectivity index (χ4n) is 2.10. The van der Waals surface area contributed by atoms with Gasteiger partial charge in [0.05, 0.1) is 5.44 Å². The number of aromatic hydroxyl groups is 2. The smallest absolute Gasteiger partial charge is 0.115 e. The van der Waals surface area contributed by atoms with Gasteiger partial charge < -0.3 is 10.2 Å². The van der Waals surface area contributed by atoms with Crippen LogP contribution in [0.1, 0.15) is 0 Å². The molecule has 3 nitrogen and oxygen atoms in total. The van der Waals surface area contributed by atoms with Gasteiger partial charge in [-0.05, 0) is 47.0 Å². The van der Waals surface area contributed by atoms with E-state index in [0.717, 1.165) is 16.0 Å². The molecule has 0 fully saturated rings. The lowest BCUT2D eigenvalue weighted by Gasteiger charge is -2.18. The lowest BCUT2D eigenvalue weighted by molar-refractivity contribution is 0.475. The third kappa shape index (κ3) is 3.04. The summed E-state index contributed by atoms with van der Waals surface area (Å²) in [5, 5.41) is 21.2. The van der Waals surface area contributed by atoms with Crippen molar-refractivity contribution < 1.29 is 10.2 Å². The standard InChI is InChI=1S/C17H14NO2P/c19-13-4-8-15(9-5-13)21(17-3-1-2-12-18-17)16-10-6-14(20)7-11-16/h1-12,19-20H. The van der Waals surface area contributed by atoms with E-state index in [2.05, 4.69) is 4.98 Å². The maximum Gasteiger partial charge on any atom is 0.115 e. The van der Waals surface area contributed by atoms with Crippen molar-refractivity contribution in [3.63, 3.8) is 0 Å². The second-order valence-electron chi connectivity index (χ2n) is 4.56. The quantitative estimate of drug-likeness (QED) is 0.729. The van der Waals surface area contributed by atoms with Crippen LogP contribution in [0.15, 0.2) is 72.9 Å². The fraction of sp³-hybridized carbons (Fsp3) is 0. The first kappa shape index (κ1) is 13.6. The Morgan fingerprint density at radius 3 is 1.62 bits per heavy atom. The zero-order chi connectivity index (χ0) is 14.7. The van der Waals surface area contributed by atoms with Gasteiger partial charge in [-0.2, -0.15) is 0 Å². The molecule has 1 heterocycles. The van der Waals surface area contributed by atoms with E-state index in [1.807, 2.05) is 42.5 Å². The number of nitrogens with zero attached hydrogens (tertiary/aromatic N) is 1. The van der Waals surface area contributed by atoms with E-state index in [-0.39, 0.29) is 11.5 Å². The molecule has 3 rings (SSSR count). The molecule has 0 radical (unpaired) electrons. The average Bonchev–Trinajstić information content (AvgIpc) is 2.52. The molecule has 2 N–H and O–H groups in total. The van der Waals surface area contributed by atoms with Gasteiger partial charge >= 0.3 is 0 Å². The molecule has 0 aliphatic carbocycles. The Labute approximate surface area is 124 Å². The number of rotatable bonds is 3. The van der Waals surface area contributed by atoms with Crippen molar-refractivity contribution in [2.75, 3.05) is 0 Å². The minimum Gasteiger partial charge on any atom is -0.508 e. The molecular formula is C17H14NO2P. The number of phenolic OH excluding ortho intramolecular Hbond substituents is 2. The molecule has 0 amide bonds. The van der Waals surface area contributed by atoms with Crippen LogP contribution in [0.4, 0.5) is 0 Å². The zero-order valence-corrected chi connectivity index (χ0v) is 12.1. The number of hydrogen-bond donors (Lipinski definition) is 2. The highest BCUT2D eigenvalue weighted by molar-refractivity contribution is 7.79. The van der Waals surface area contributed by atoms with E-state index in [1.165, 1.54) is 0 Å². The maximum atomic E-state index is 9.47. The molecule has 0 aliphatic heterocycles. The molecular weight excluding hydrogens is 281 g/mol. The van der Waals surface area contributed by atoms with Crippen molar-refractivity contribution in [2.45, 2.75) is 0 Å². The summed E-state index contributed by atoms with van der Waals surface area (Å²) in [7, 11) is -0.804. The van der Waals surface area contributed by atoms with Crippen LogP contribution in [-0.4, -0.2) is 15.2 Å². The molecule has 0 saturated carbocycles. The predicted octanol–water partition coefficient (Wildman–Crippen LogP) is 2.25. The normalized spacial score (nSPS) is 10.7. The van der Waals surface area contributed by atoms with Crippen molar-refractivity contribution >= 4 is 24.0 Å². The van der Waals surface area contributed by atoms with Crippen molar-refractivity contribution in [1.82, 2.24) is 4.98 Å². The summed E-state index contributed by atoms with van der Waals surface area (Å²) in [6.07, 6.45) is 1.78. The third-order valence-electron chi connectivity index (χ3n) is 3.09. The number of aromatic nitrogens is 1. The molecule has 0 saturated heterocycles. The molecule has 0 aliphatic rings. The molecule has 1 aromatic heterocycles. The summed E-state index contributed by atoms with van der Waals surface area (Å²) < 4.78 is 0. The highest BCUT2D eigenvalue weighted by atomic mass is 31.1. The Hall–Kier alpha value is -2.38. The molecule has 0 spiro atoms. The summed E-state index contributed by atoms with van der Waals surface area (Å²) in [5.41, 5.74) is 0.990. The van der Waals surface area contributed by atoms with Crippen molar-refractivity contribution in [2.24, 2.45) is 0 Å². The van der Waals surface area contributed by atoms with E-state index < -0.39 is 7.92 Å². The highest BCUT2D eigenvalue weighted by Gasteiger charge is 2.17. The van der Waals surface area contributed by atoms with E-state index in [0.29, 0.717) is 0 Å². The molecule has 4 heteroatoms. The summed E-state index contributed by atoms with van der Waals surface area (Å²) in [6, 6.07) is 20.3. The Morgan fingerprint density at radius 1 is 0.667 bits per heavy atom. The average molecular weight is 295 g/mol. The van der Waals surface area contributed by atoms with E-state index >= 15 is 0 Å². The minimum atomic E-state index is -0.804. The number of phenols is 2. The molecule has 0 unspecified atom stereocenters. The Balaban J connectivity index is 2.11. The van der Waals surface area contributed by atoms with E-state index in [1.54, 1.807) is 30.5 Å². The molecule has 0 atom stereocenters. The maximum absolute atomic E-state index is 9.47. The summed E-state index contributed by atoms with van der Waals surface area (Å²) in [4.78, 5) is 4.48. The fourth-order valence-corrected chi connectivity index (χ4v) is 4.24. The second-order valence-corrected chi connectivity index (χ2v) is 6.72. The zero-order valence-electron chi connectivity index (χ0n) is 11.2. The topological polar surface area (TPSA) is 53.4 Å². The van der Waals surface area contributed by atoms with Gasteiger partial charge in [-0.1, -0.05) is 30.3 Å². The van der Waals surface area contributed by atoms with Crippen LogP contribution >= 0.6 is 7.92 Å². The largest absolute Gasteiger partial charge is 0.508 e.